The van der Waals surface area contributed by atoms with Gasteiger partial charge in [-0.3, -0.25) is 14.5 Å². The van der Waals surface area contributed by atoms with E-state index in [0.29, 0.717) is 67.7 Å². The molecular weight excluding hydrogens is 619 g/mol. The van der Waals surface area contributed by atoms with Gasteiger partial charge in [-0.15, -0.1) is 0 Å². The standard InChI is InChI=1S/C39H43N5O3S/c1-26-27(2)39(47)37(28(3)38(26)46)43-21-18-30(19-22-43)40-34(45)16-11-20-41(4)35-24-29(17-23-44(35)31-12-7-6-8-13-31)25-36-42(5)32-14-9-10-15-33(32)48-36/h6-10,12-15,17,23-25,30H,11,16,18-22H2,1-5H3. The average Bonchev–Trinajstić information content (AvgIpc) is 3.42. The number of para-hydroxylation sites is 2. The van der Waals surface area contributed by atoms with Crippen molar-refractivity contribution in [3.63, 3.8) is 0 Å². The van der Waals surface area contributed by atoms with E-state index in [2.05, 4.69) is 94.3 Å². The number of aromatic nitrogens is 1. The number of aliphatic imine (C=N–C) groups is 1. The molecule has 0 spiro atoms. The van der Waals surface area contributed by atoms with Crippen molar-refractivity contribution in [3.8, 4) is 5.69 Å². The van der Waals surface area contributed by atoms with Crippen LogP contribution in [0.1, 0.15) is 52.0 Å². The number of rotatable bonds is 9. The predicted molar refractivity (Wildman–Crippen MR) is 192 cm³/mol. The molecule has 6 rings (SSSR count). The van der Waals surface area contributed by atoms with E-state index in [0.717, 1.165) is 17.1 Å². The molecule has 8 nitrogen and oxygen atoms in total. The Morgan fingerprint density at radius 2 is 1.67 bits per heavy atom. The maximum Gasteiger partial charge on any atom is 0.282 e. The van der Waals surface area contributed by atoms with Crippen LogP contribution in [0.5, 0.6) is 0 Å². The zero-order valence-electron chi connectivity index (χ0n) is 28.4. The number of hydrogen-bond donors (Lipinski definition) is 0. The number of allylic oxidation sites excluding steroid dienone is 3. The molecular formula is C39H43N5O3S. The fraction of sp³-hybridized carbons (Fsp3) is 0.333. The lowest BCUT2D eigenvalue weighted by Gasteiger charge is -2.36. The Labute approximate surface area is 287 Å². The first-order chi connectivity index (χ1) is 23.1. The fourth-order valence-corrected chi connectivity index (χ4v) is 7.72. The second kappa shape index (κ2) is 14.2. The van der Waals surface area contributed by atoms with E-state index in [1.165, 1.54) is 15.6 Å². The monoisotopic (exact) mass is 661 g/mol. The van der Waals surface area contributed by atoms with Crippen LogP contribution >= 0.6 is 11.8 Å². The molecule has 48 heavy (non-hydrogen) atoms. The Morgan fingerprint density at radius 1 is 0.979 bits per heavy atom. The van der Waals surface area contributed by atoms with Crippen LogP contribution in [0.3, 0.4) is 0 Å². The zero-order valence-corrected chi connectivity index (χ0v) is 29.2. The normalized spacial score (nSPS) is 18.4. The van der Waals surface area contributed by atoms with Crippen molar-refractivity contribution in [3.05, 3.63) is 106 Å². The van der Waals surface area contributed by atoms with Crippen molar-refractivity contribution in [2.45, 2.75) is 57.4 Å². The SMILES string of the molecule is CC1=C(C)C(=O)C(N2CCC(N=C([O-])CCCN(C)c3cc(/C=C4\Sc5ccccc5N4C)cc[n+]3-c3ccccc3)CC2)=C(C)C1=O. The second-order valence-electron chi connectivity index (χ2n) is 12.8. The van der Waals surface area contributed by atoms with Gasteiger partial charge in [0.2, 0.25) is 5.78 Å². The maximum absolute atomic E-state index is 13.0. The molecule has 1 aromatic heterocycles. The molecule has 1 fully saturated rings. The van der Waals surface area contributed by atoms with E-state index in [-0.39, 0.29) is 23.5 Å². The lowest BCUT2D eigenvalue weighted by atomic mass is 9.88. The molecule has 1 saturated heterocycles. The van der Waals surface area contributed by atoms with E-state index in [4.69, 9.17) is 0 Å². The number of anilines is 2. The number of piperidine rings is 1. The molecule has 1 aliphatic carbocycles. The summed E-state index contributed by atoms with van der Waals surface area (Å²) in [7, 11) is 4.18. The highest BCUT2D eigenvalue weighted by Crippen LogP contribution is 2.45. The molecule has 2 aliphatic heterocycles. The lowest BCUT2D eigenvalue weighted by Crippen LogP contribution is -2.40. The Balaban J connectivity index is 1.09. The molecule has 2 aromatic carbocycles. The Bertz CT molecular complexity index is 1850. The first-order valence-electron chi connectivity index (χ1n) is 16.6. The van der Waals surface area contributed by atoms with Crippen LogP contribution in [-0.4, -0.2) is 62.1 Å². The van der Waals surface area contributed by atoms with Gasteiger partial charge in [0, 0.05) is 47.8 Å². The van der Waals surface area contributed by atoms with Crippen molar-refractivity contribution in [1.82, 2.24) is 4.90 Å². The molecule has 9 heteroatoms. The van der Waals surface area contributed by atoms with Crippen LogP contribution in [0, 0.1) is 0 Å². The van der Waals surface area contributed by atoms with Gasteiger partial charge in [0.05, 0.1) is 42.2 Å². The largest absolute Gasteiger partial charge is 0.862 e. The third-order valence-electron chi connectivity index (χ3n) is 9.59. The van der Waals surface area contributed by atoms with Gasteiger partial charge in [-0.1, -0.05) is 42.1 Å². The number of carbonyl (C=O) groups excluding carboxylic acids is 2. The van der Waals surface area contributed by atoms with Gasteiger partial charge in [0.1, 0.15) is 5.69 Å². The Kier molecular flexibility index (Phi) is 9.87. The summed E-state index contributed by atoms with van der Waals surface area (Å²) in [6.07, 6.45) is 6.76. The van der Waals surface area contributed by atoms with Crippen molar-refractivity contribution in [2.75, 3.05) is 43.5 Å². The molecule has 0 bridgehead atoms. The van der Waals surface area contributed by atoms with Gasteiger partial charge in [0.15, 0.2) is 5.78 Å². The summed E-state index contributed by atoms with van der Waals surface area (Å²) in [6, 6.07) is 23.0. The topological polar surface area (TPSA) is 83.2 Å². The molecule has 3 aromatic rings. The summed E-state index contributed by atoms with van der Waals surface area (Å²) < 4.78 is 2.18. The number of hydrogen-bond acceptors (Lipinski definition) is 8. The van der Waals surface area contributed by atoms with Crippen molar-refractivity contribution in [1.29, 1.82) is 0 Å². The summed E-state index contributed by atoms with van der Waals surface area (Å²) in [5.41, 5.74) is 5.49. The summed E-state index contributed by atoms with van der Waals surface area (Å²) in [5, 5.41) is 14.1. The van der Waals surface area contributed by atoms with Crippen LogP contribution in [0.2, 0.25) is 0 Å². The van der Waals surface area contributed by atoms with Gasteiger partial charge in [0.25, 0.3) is 5.82 Å². The van der Waals surface area contributed by atoms with Crippen LogP contribution in [-0.2, 0) is 9.59 Å². The zero-order chi connectivity index (χ0) is 33.9. The van der Waals surface area contributed by atoms with E-state index in [9.17, 15) is 14.7 Å². The van der Waals surface area contributed by atoms with Crippen molar-refractivity contribution < 1.29 is 19.3 Å². The smallest absolute Gasteiger partial charge is 0.282 e. The number of likely N-dealkylation sites (tertiary alicyclic amines) is 1. The molecule has 0 amide bonds. The molecule has 3 heterocycles. The molecule has 0 saturated carbocycles. The van der Waals surface area contributed by atoms with Crippen molar-refractivity contribution >= 4 is 46.8 Å². The first-order valence-corrected chi connectivity index (χ1v) is 17.4. The number of ketones is 2. The Hall–Kier alpha value is -4.63. The van der Waals surface area contributed by atoms with Gasteiger partial charge in [-0.25, -0.2) is 4.57 Å². The quantitative estimate of drug-likeness (QED) is 0.126. The van der Waals surface area contributed by atoms with Crippen LogP contribution < -0.4 is 19.5 Å². The molecule has 0 radical (unpaired) electrons. The molecule has 3 aliphatic rings. The molecule has 0 atom stereocenters. The number of fused-ring (bicyclic) bond motifs is 1. The second-order valence-corrected chi connectivity index (χ2v) is 13.8. The van der Waals surface area contributed by atoms with E-state index < -0.39 is 0 Å². The minimum Gasteiger partial charge on any atom is -0.862 e. The predicted octanol–water partition coefficient (Wildman–Crippen LogP) is 5.71. The van der Waals surface area contributed by atoms with Crippen LogP contribution in [0.4, 0.5) is 11.5 Å². The van der Waals surface area contributed by atoms with Gasteiger partial charge in [-0.2, -0.15) is 0 Å². The van der Waals surface area contributed by atoms with Crippen LogP contribution in [0.25, 0.3) is 11.8 Å². The maximum atomic E-state index is 13.0. The lowest BCUT2D eigenvalue weighted by molar-refractivity contribution is -0.582. The van der Waals surface area contributed by atoms with Gasteiger partial charge >= 0.3 is 0 Å². The number of Topliss-reactive ketones (excluding diaryl/α,β-unsaturated/α-hetero) is 2. The number of nitrogens with zero attached hydrogens (tertiary/aromatic N) is 5. The third-order valence-corrected chi connectivity index (χ3v) is 10.8. The number of pyridine rings is 1. The van der Waals surface area contributed by atoms with E-state index >= 15 is 0 Å². The minimum atomic E-state index is -0.0779. The fourth-order valence-electron chi connectivity index (χ4n) is 6.61. The Morgan fingerprint density at radius 3 is 2.40 bits per heavy atom. The highest BCUT2D eigenvalue weighted by molar-refractivity contribution is 8.03. The van der Waals surface area contributed by atoms with Gasteiger partial charge < -0.3 is 19.9 Å². The highest BCUT2D eigenvalue weighted by atomic mass is 32.2. The summed E-state index contributed by atoms with van der Waals surface area (Å²) in [5.74, 6) is 0.840. The summed E-state index contributed by atoms with van der Waals surface area (Å²) >= 11 is 1.78. The third kappa shape index (κ3) is 6.83. The molecule has 248 valence electrons. The number of carbonyl (C=O) groups is 2. The number of benzene rings is 2. The molecule has 0 N–H and O–H groups in total. The summed E-state index contributed by atoms with van der Waals surface area (Å²) in [4.78, 5) is 37.9. The van der Waals surface area contributed by atoms with E-state index in [1.807, 2.05) is 23.1 Å². The van der Waals surface area contributed by atoms with Gasteiger partial charge in [-0.05, 0) is 94.3 Å². The highest BCUT2D eigenvalue weighted by Gasteiger charge is 2.33. The van der Waals surface area contributed by atoms with Crippen LogP contribution in [0.15, 0.2) is 110 Å². The first kappa shape index (κ1) is 33.3. The average molecular weight is 662 g/mol. The van der Waals surface area contributed by atoms with Crippen molar-refractivity contribution in [2.24, 2.45) is 4.99 Å². The minimum absolute atomic E-state index is 0.0570. The summed E-state index contributed by atoms with van der Waals surface area (Å²) in [6.45, 7) is 7.09. The number of thioether (sulfide) groups is 1. The molecule has 0 unspecified atom stereocenters. The van der Waals surface area contributed by atoms with E-state index in [1.54, 1.807) is 32.5 Å².